The molecule has 0 spiro atoms. The molecule has 40 heavy (non-hydrogen) atoms. The van der Waals surface area contributed by atoms with E-state index in [1.807, 2.05) is 0 Å². The lowest BCUT2D eigenvalue weighted by atomic mass is 9.72. The number of esters is 1. The average molecular weight is 577 g/mol. The van der Waals surface area contributed by atoms with E-state index in [9.17, 15) is 9.59 Å². The van der Waals surface area contributed by atoms with Crippen LogP contribution in [-0.2, 0) is 23.9 Å². The fourth-order valence-corrected chi connectivity index (χ4v) is 4.03. The van der Waals surface area contributed by atoms with E-state index in [1.54, 1.807) is 13.8 Å². The van der Waals surface area contributed by atoms with Gasteiger partial charge in [-0.15, -0.1) is 0 Å². The Morgan fingerprint density at radius 1 is 0.625 bits per heavy atom. The maximum Gasteiger partial charge on any atom is 0.312 e. The van der Waals surface area contributed by atoms with Crippen LogP contribution in [0.25, 0.3) is 0 Å². The van der Waals surface area contributed by atoms with Gasteiger partial charge in [0.15, 0.2) is 0 Å². The number of carboxylic acid groups (broad SMARTS) is 3. The Kier molecular flexibility index (Phi) is 35.2. The van der Waals surface area contributed by atoms with Crippen molar-refractivity contribution in [2.75, 3.05) is 6.61 Å². The summed E-state index contributed by atoms with van der Waals surface area (Å²) in [5.41, 5.74) is -0.236. The summed E-state index contributed by atoms with van der Waals surface area (Å²) < 4.78 is 5.84. The molecule has 0 rings (SSSR count). The second-order valence-electron chi connectivity index (χ2n) is 11.2. The Morgan fingerprint density at radius 2 is 0.950 bits per heavy atom. The Balaban J connectivity index is -0.000000378. The van der Waals surface area contributed by atoms with Crippen molar-refractivity contribution >= 4 is 23.9 Å². The van der Waals surface area contributed by atoms with Gasteiger partial charge in [0.05, 0.1) is 17.9 Å². The SMILES string of the molecule is CC(=O)O.CC(=O)O.CC(C)C(=O)O.CCCCCCCOC(=O)C(CCCCC)(CCCCCC)CC(C)C. The number of ether oxygens (including phenoxy) is 1. The zero-order chi connectivity index (χ0) is 32.0. The number of rotatable bonds is 19. The Hall–Kier alpha value is -2.12. The third-order valence-electron chi connectivity index (χ3n) is 5.97. The van der Waals surface area contributed by atoms with Crippen molar-refractivity contribution in [3.05, 3.63) is 0 Å². The van der Waals surface area contributed by atoms with Crippen molar-refractivity contribution in [3.8, 4) is 0 Å². The standard InChI is InChI=1S/C24H48O2.C4H8O2.2C2H4O2/c1-6-9-12-14-17-20-26-23(25)24(21-22(4)5,18-15-11-8-3)19-16-13-10-7-2;1-3(2)4(5)6;2*1-2(3)4/h22H,6-21H2,1-5H3;3H,1-2H3,(H,5,6);2*1H3,(H,3,4). The van der Waals surface area contributed by atoms with Crippen LogP contribution in [0.2, 0.25) is 0 Å². The lowest BCUT2D eigenvalue weighted by Crippen LogP contribution is -2.35. The van der Waals surface area contributed by atoms with Crippen molar-refractivity contribution in [2.24, 2.45) is 17.3 Å². The number of aliphatic carboxylic acids is 3. The molecule has 0 aromatic rings. The molecule has 0 bridgehead atoms. The van der Waals surface area contributed by atoms with E-state index in [1.165, 1.54) is 57.8 Å². The molecule has 1 unspecified atom stereocenters. The molecular weight excluding hydrogens is 512 g/mol. The Labute approximate surface area is 245 Å². The first-order valence-electron chi connectivity index (χ1n) is 15.4. The molecule has 0 aliphatic rings. The van der Waals surface area contributed by atoms with Gasteiger partial charge in [0.25, 0.3) is 11.9 Å². The van der Waals surface area contributed by atoms with E-state index in [-0.39, 0.29) is 17.3 Å². The molecule has 0 saturated carbocycles. The normalized spacial score (nSPS) is 11.6. The van der Waals surface area contributed by atoms with Crippen molar-refractivity contribution in [2.45, 2.75) is 159 Å². The zero-order valence-corrected chi connectivity index (χ0v) is 27.4. The smallest absolute Gasteiger partial charge is 0.312 e. The molecule has 0 aromatic heterocycles. The highest BCUT2D eigenvalue weighted by atomic mass is 16.5. The molecule has 0 fully saturated rings. The molecule has 0 aliphatic carbocycles. The van der Waals surface area contributed by atoms with Gasteiger partial charge in [-0.2, -0.15) is 0 Å². The molecule has 240 valence electrons. The Morgan fingerprint density at radius 3 is 1.30 bits per heavy atom. The van der Waals surface area contributed by atoms with E-state index in [0.29, 0.717) is 12.5 Å². The van der Waals surface area contributed by atoms with Gasteiger partial charge in [0.2, 0.25) is 0 Å². The molecule has 8 nitrogen and oxygen atoms in total. The summed E-state index contributed by atoms with van der Waals surface area (Å²) in [7, 11) is 0. The predicted molar refractivity (Wildman–Crippen MR) is 164 cm³/mol. The monoisotopic (exact) mass is 576 g/mol. The second kappa shape index (κ2) is 31.4. The molecule has 1 atom stereocenters. The van der Waals surface area contributed by atoms with Crippen molar-refractivity contribution in [3.63, 3.8) is 0 Å². The average Bonchev–Trinajstić information content (AvgIpc) is 2.83. The van der Waals surface area contributed by atoms with Gasteiger partial charge in [0.1, 0.15) is 0 Å². The van der Waals surface area contributed by atoms with Crippen LogP contribution >= 0.6 is 0 Å². The van der Waals surface area contributed by atoms with Crippen LogP contribution in [0, 0.1) is 17.3 Å². The summed E-state index contributed by atoms with van der Waals surface area (Å²) in [6.45, 7) is 17.3. The third-order valence-corrected chi connectivity index (χ3v) is 5.97. The van der Waals surface area contributed by atoms with Crippen LogP contribution in [0.5, 0.6) is 0 Å². The first kappa shape index (κ1) is 44.9. The summed E-state index contributed by atoms with van der Waals surface area (Å²) in [5, 5.41) is 22.8. The molecule has 0 saturated heterocycles. The highest BCUT2D eigenvalue weighted by Crippen LogP contribution is 2.39. The molecule has 0 aliphatic heterocycles. The minimum Gasteiger partial charge on any atom is -0.481 e. The van der Waals surface area contributed by atoms with Gasteiger partial charge >= 0.3 is 11.9 Å². The summed E-state index contributed by atoms with van der Waals surface area (Å²) in [4.78, 5) is 40.8. The summed E-state index contributed by atoms with van der Waals surface area (Å²) in [5.74, 6) is -1.99. The fourth-order valence-electron chi connectivity index (χ4n) is 4.03. The third kappa shape index (κ3) is 38.0. The number of carbonyl (C=O) groups is 4. The van der Waals surface area contributed by atoms with E-state index in [0.717, 1.165) is 52.4 Å². The van der Waals surface area contributed by atoms with Crippen molar-refractivity contribution in [1.82, 2.24) is 0 Å². The topological polar surface area (TPSA) is 138 Å². The number of hydrogen-bond acceptors (Lipinski definition) is 5. The lowest BCUT2D eigenvalue weighted by Gasteiger charge is -2.33. The second-order valence-corrected chi connectivity index (χ2v) is 11.2. The molecule has 0 aromatic carbocycles. The lowest BCUT2D eigenvalue weighted by molar-refractivity contribution is -0.158. The number of unbranched alkanes of at least 4 members (excludes halogenated alkanes) is 9. The maximum absolute atomic E-state index is 13.1. The van der Waals surface area contributed by atoms with Crippen LogP contribution in [0.4, 0.5) is 0 Å². The summed E-state index contributed by atoms with van der Waals surface area (Å²) in [6.07, 6.45) is 17.5. The van der Waals surface area contributed by atoms with Gasteiger partial charge in [0, 0.05) is 13.8 Å². The van der Waals surface area contributed by atoms with Crippen LogP contribution in [-0.4, -0.2) is 45.8 Å². The molecular formula is C32H64O8. The minimum atomic E-state index is -0.833. The number of hydrogen-bond donors (Lipinski definition) is 3. The van der Waals surface area contributed by atoms with Gasteiger partial charge in [-0.05, 0) is 31.6 Å². The largest absolute Gasteiger partial charge is 0.481 e. The molecule has 0 amide bonds. The van der Waals surface area contributed by atoms with Crippen molar-refractivity contribution < 1.29 is 39.2 Å². The van der Waals surface area contributed by atoms with Crippen LogP contribution < -0.4 is 0 Å². The van der Waals surface area contributed by atoms with E-state index in [4.69, 9.17) is 29.6 Å². The molecule has 8 heteroatoms. The minimum absolute atomic E-state index is 0.106. The van der Waals surface area contributed by atoms with Gasteiger partial charge in [-0.1, -0.05) is 119 Å². The quantitative estimate of drug-likeness (QED) is 0.102. The zero-order valence-electron chi connectivity index (χ0n) is 27.4. The van der Waals surface area contributed by atoms with E-state index < -0.39 is 17.9 Å². The highest BCUT2D eigenvalue weighted by Gasteiger charge is 2.39. The molecule has 0 heterocycles. The van der Waals surface area contributed by atoms with Crippen LogP contribution in [0.3, 0.4) is 0 Å². The first-order chi connectivity index (χ1) is 18.6. The fraction of sp³-hybridized carbons (Fsp3) is 0.875. The van der Waals surface area contributed by atoms with Gasteiger partial charge in [-0.25, -0.2) is 0 Å². The van der Waals surface area contributed by atoms with Gasteiger partial charge < -0.3 is 20.1 Å². The van der Waals surface area contributed by atoms with Crippen LogP contribution in [0.1, 0.15) is 159 Å². The van der Waals surface area contributed by atoms with Gasteiger partial charge in [-0.3, -0.25) is 19.2 Å². The maximum atomic E-state index is 13.1. The molecule has 0 radical (unpaired) electrons. The molecule has 3 N–H and O–H groups in total. The summed E-state index contributed by atoms with van der Waals surface area (Å²) >= 11 is 0. The first-order valence-corrected chi connectivity index (χ1v) is 15.4. The predicted octanol–water partition coefficient (Wildman–Crippen LogP) is 8.99. The number of carbonyl (C=O) groups excluding carboxylic acids is 1. The van der Waals surface area contributed by atoms with Crippen molar-refractivity contribution in [1.29, 1.82) is 0 Å². The highest BCUT2D eigenvalue weighted by molar-refractivity contribution is 5.76. The van der Waals surface area contributed by atoms with Crippen LogP contribution in [0.15, 0.2) is 0 Å². The number of carboxylic acids is 3. The Bertz CT molecular complexity index is 596. The van der Waals surface area contributed by atoms with E-state index >= 15 is 0 Å². The summed E-state index contributed by atoms with van der Waals surface area (Å²) in [6, 6.07) is 0. The van der Waals surface area contributed by atoms with E-state index in [2.05, 4.69) is 34.6 Å².